The smallest absolute Gasteiger partial charge is 0.216 e. The average molecular weight is 193 g/mol. The van der Waals surface area contributed by atoms with Gasteiger partial charge in [0.1, 0.15) is 12.4 Å². The van der Waals surface area contributed by atoms with E-state index < -0.39 is 0 Å². The molecule has 2 rings (SSSR count). The number of hydrogen-bond acceptors (Lipinski definition) is 4. The zero-order valence-corrected chi connectivity index (χ0v) is 8.36. The highest BCUT2D eigenvalue weighted by molar-refractivity contribution is 5.12. The summed E-state index contributed by atoms with van der Waals surface area (Å²) in [6.45, 7) is 3.96. The third-order valence-corrected chi connectivity index (χ3v) is 2.32. The lowest BCUT2D eigenvalue weighted by Gasteiger charge is -2.23. The highest BCUT2D eigenvalue weighted by Gasteiger charge is 2.14. The van der Waals surface area contributed by atoms with E-state index in [0.717, 1.165) is 25.2 Å². The van der Waals surface area contributed by atoms with Gasteiger partial charge in [-0.2, -0.15) is 0 Å². The van der Waals surface area contributed by atoms with Gasteiger partial charge in [0, 0.05) is 18.3 Å². The van der Waals surface area contributed by atoms with Gasteiger partial charge in [-0.25, -0.2) is 9.97 Å². The molecule has 1 atom stereocenters. The van der Waals surface area contributed by atoms with Gasteiger partial charge in [-0.15, -0.1) is 0 Å². The molecule has 0 saturated carbocycles. The SMILES string of the molecule is Cc1cc(O[C@H]2CCCNC2)ncn1. The first-order valence-corrected chi connectivity index (χ1v) is 5.00. The highest BCUT2D eigenvalue weighted by Crippen LogP contribution is 2.12. The second kappa shape index (κ2) is 4.37. The Morgan fingerprint density at radius 1 is 1.50 bits per heavy atom. The topological polar surface area (TPSA) is 47.0 Å². The van der Waals surface area contributed by atoms with Crippen molar-refractivity contribution in [3.63, 3.8) is 0 Å². The van der Waals surface area contributed by atoms with Crippen molar-refractivity contribution in [3.05, 3.63) is 18.1 Å². The van der Waals surface area contributed by atoms with Gasteiger partial charge in [-0.3, -0.25) is 0 Å². The summed E-state index contributed by atoms with van der Waals surface area (Å²) in [5.74, 6) is 0.686. The van der Waals surface area contributed by atoms with E-state index in [-0.39, 0.29) is 6.10 Å². The summed E-state index contributed by atoms with van der Waals surface area (Å²) in [6, 6.07) is 1.87. The van der Waals surface area contributed by atoms with Gasteiger partial charge in [0.15, 0.2) is 0 Å². The van der Waals surface area contributed by atoms with E-state index in [1.807, 2.05) is 13.0 Å². The molecule has 0 bridgehead atoms. The minimum atomic E-state index is 0.262. The predicted molar refractivity (Wildman–Crippen MR) is 53.3 cm³/mol. The zero-order chi connectivity index (χ0) is 9.80. The van der Waals surface area contributed by atoms with Crippen molar-refractivity contribution < 1.29 is 4.74 Å². The Kier molecular flexibility index (Phi) is 2.93. The molecule has 1 aliphatic heterocycles. The van der Waals surface area contributed by atoms with Crippen LogP contribution in [0.25, 0.3) is 0 Å². The van der Waals surface area contributed by atoms with Crippen LogP contribution in [0.15, 0.2) is 12.4 Å². The minimum absolute atomic E-state index is 0.262. The van der Waals surface area contributed by atoms with E-state index in [0.29, 0.717) is 5.88 Å². The Morgan fingerprint density at radius 2 is 2.43 bits per heavy atom. The number of aryl methyl sites for hydroxylation is 1. The van der Waals surface area contributed by atoms with Crippen LogP contribution in [-0.4, -0.2) is 29.2 Å². The molecule has 0 aromatic carbocycles. The van der Waals surface area contributed by atoms with Crippen LogP contribution >= 0.6 is 0 Å². The number of hydrogen-bond donors (Lipinski definition) is 1. The molecule has 0 amide bonds. The summed E-state index contributed by atoms with van der Waals surface area (Å²) in [4.78, 5) is 8.10. The molecular weight excluding hydrogens is 178 g/mol. The number of piperidine rings is 1. The molecule has 4 heteroatoms. The van der Waals surface area contributed by atoms with E-state index in [9.17, 15) is 0 Å². The zero-order valence-electron chi connectivity index (χ0n) is 8.36. The number of rotatable bonds is 2. The van der Waals surface area contributed by atoms with Crippen LogP contribution < -0.4 is 10.1 Å². The fourth-order valence-electron chi connectivity index (χ4n) is 1.59. The third-order valence-electron chi connectivity index (χ3n) is 2.32. The van der Waals surface area contributed by atoms with Crippen molar-refractivity contribution >= 4 is 0 Å². The van der Waals surface area contributed by atoms with Gasteiger partial charge >= 0.3 is 0 Å². The Labute approximate surface area is 83.7 Å². The molecule has 0 spiro atoms. The molecule has 0 unspecified atom stereocenters. The molecule has 1 aromatic heterocycles. The van der Waals surface area contributed by atoms with E-state index in [1.54, 1.807) is 6.33 Å². The number of nitrogens with zero attached hydrogens (tertiary/aromatic N) is 2. The summed E-state index contributed by atoms with van der Waals surface area (Å²) in [5.41, 5.74) is 0.943. The Hall–Kier alpha value is -1.16. The molecule has 1 aliphatic rings. The lowest BCUT2D eigenvalue weighted by atomic mass is 10.1. The van der Waals surface area contributed by atoms with Gasteiger partial charge < -0.3 is 10.1 Å². The second-order valence-corrected chi connectivity index (χ2v) is 3.58. The molecule has 1 saturated heterocycles. The van der Waals surface area contributed by atoms with Crippen LogP contribution in [0.4, 0.5) is 0 Å². The summed E-state index contributed by atoms with van der Waals surface area (Å²) in [5, 5.41) is 3.30. The monoisotopic (exact) mass is 193 g/mol. The second-order valence-electron chi connectivity index (χ2n) is 3.58. The molecular formula is C10H15N3O. The maximum Gasteiger partial charge on any atom is 0.216 e. The molecule has 14 heavy (non-hydrogen) atoms. The summed E-state index contributed by atoms with van der Waals surface area (Å²) >= 11 is 0. The molecule has 1 N–H and O–H groups in total. The van der Waals surface area contributed by atoms with Crippen LogP contribution in [0.5, 0.6) is 5.88 Å². The van der Waals surface area contributed by atoms with Crippen LogP contribution in [0.1, 0.15) is 18.5 Å². The first-order valence-electron chi connectivity index (χ1n) is 5.00. The molecule has 0 radical (unpaired) electrons. The highest BCUT2D eigenvalue weighted by atomic mass is 16.5. The van der Waals surface area contributed by atoms with Crippen LogP contribution in [0.3, 0.4) is 0 Å². The van der Waals surface area contributed by atoms with Gasteiger partial charge in [-0.1, -0.05) is 0 Å². The van der Waals surface area contributed by atoms with Crippen LogP contribution in [-0.2, 0) is 0 Å². The quantitative estimate of drug-likeness (QED) is 0.758. The van der Waals surface area contributed by atoms with Crippen molar-refractivity contribution in [1.29, 1.82) is 0 Å². The summed E-state index contributed by atoms with van der Waals surface area (Å²) in [7, 11) is 0. The fourth-order valence-corrected chi connectivity index (χ4v) is 1.59. The first-order chi connectivity index (χ1) is 6.84. The van der Waals surface area contributed by atoms with Crippen molar-refractivity contribution in [2.24, 2.45) is 0 Å². The van der Waals surface area contributed by atoms with E-state index in [4.69, 9.17) is 4.74 Å². The van der Waals surface area contributed by atoms with Gasteiger partial charge in [0.05, 0.1) is 0 Å². The van der Waals surface area contributed by atoms with Gasteiger partial charge in [0.25, 0.3) is 0 Å². The lowest BCUT2D eigenvalue weighted by Crippen LogP contribution is -2.37. The number of nitrogens with one attached hydrogen (secondary N) is 1. The first kappa shape index (κ1) is 9.40. The molecule has 4 nitrogen and oxygen atoms in total. The standard InChI is InChI=1S/C10H15N3O/c1-8-5-10(13-7-12-8)14-9-3-2-4-11-6-9/h5,7,9,11H,2-4,6H2,1H3/t9-/m0/s1. The third kappa shape index (κ3) is 2.42. The summed E-state index contributed by atoms with van der Waals surface area (Å²) < 4.78 is 5.72. The molecule has 1 aromatic rings. The maximum absolute atomic E-state index is 5.72. The summed E-state index contributed by atoms with van der Waals surface area (Å²) in [6.07, 6.45) is 4.09. The molecule has 76 valence electrons. The Balaban J connectivity index is 1.95. The molecule has 1 fully saturated rings. The Bertz CT molecular complexity index is 297. The average Bonchev–Trinajstić information content (AvgIpc) is 2.19. The maximum atomic E-state index is 5.72. The van der Waals surface area contributed by atoms with Gasteiger partial charge in [0.2, 0.25) is 5.88 Å². The van der Waals surface area contributed by atoms with Crippen LogP contribution in [0, 0.1) is 6.92 Å². The van der Waals surface area contributed by atoms with Crippen molar-refractivity contribution in [3.8, 4) is 5.88 Å². The normalized spacial score (nSPS) is 21.9. The fraction of sp³-hybridized carbons (Fsp3) is 0.600. The molecule has 0 aliphatic carbocycles. The Morgan fingerprint density at radius 3 is 3.14 bits per heavy atom. The molecule has 2 heterocycles. The van der Waals surface area contributed by atoms with Crippen molar-refractivity contribution in [1.82, 2.24) is 15.3 Å². The lowest BCUT2D eigenvalue weighted by molar-refractivity contribution is 0.160. The predicted octanol–water partition coefficient (Wildman–Crippen LogP) is 0.916. The van der Waals surface area contributed by atoms with Crippen LogP contribution in [0.2, 0.25) is 0 Å². The van der Waals surface area contributed by atoms with E-state index in [1.165, 1.54) is 6.42 Å². The minimum Gasteiger partial charge on any atom is -0.473 e. The van der Waals surface area contributed by atoms with E-state index in [2.05, 4.69) is 15.3 Å². The largest absolute Gasteiger partial charge is 0.473 e. The van der Waals surface area contributed by atoms with Crippen molar-refractivity contribution in [2.75, 3.05) is 13.1 Å². The van der Waals surface area contributed by atoms with E-state index >= 15 is 0 Å². The number of ether oxygens (including phenoxy) is 1. The number of aromatic nitrogens is 2. The van der Waals surface area contributed by atoms with Gasteiger partial charge in [-0.05, 0) is 26.3 Å². The van der Waals surface area contributed by atoms with Crippen molar-refractivity contribution in [2.45, 2.75) is 25.9 Å².